The van der Waals surface area contributed by atoms with Crippen molar-refractivity contribution in [2.24, 2.45) is 0 Å². The summed E-state index contributed by atoms with van der Waals surface area (Å²) in [6.07, 6.45) is 0. The Morgan fingerprint density at radius 1 is 0.925 bits per heavy atom. The number of para-hydroxylation sites is 1. The molecule has 4 rings (SSSR count). The molecule has 2 aromatic carbocycles. The predicted octanol–water partition coefficient (Wildman–Crippen LogP) is 6.50. The number of methoxy groups -OCH3 is 1. The number of carbonyl (C=O) groups is 3. The largest absolute Gasteiger partial charge is 0.497 e. The van der Waals surface area contributed by atoms with Gasteiger partial charge in [-0.25, -0.2) is 9.78 Å². The maximum atomic E-state index is 14.0. The number of benzene rings is 2. The maximum Gasteiger partial charge on any atom is 0.341 e. The summed E-state index contributed by atoms with van der Waals surface area (Å²) < 4.78 is 10.6. The van der Waals surface area contributed by atoms with Crippen molar-refractivity contribution in [1.29, 1.82) is 0 Å². The number of nitrogens with zero attached hydrogens (tertiary/aromatic N) is 2. The van der Waals surface area contributed by atoms with Gasteiger partial charge in [-0.1, -0.05) is 18.2 Å². The Kier molecular flexibility index (Phi) is 8.84. The Hall–Kier alpha value is -4.24. The third-order valence-electron chi connectivity index (χ3n) is 6.82. The number of thiophene rings is 1. The summed E-state index contributed by atoms with van der Waals surface area (Å²) in [6.45, 7) is 10.3. The molecule has 0 atom stereocenters. The molecule has 0 aliphatic heterocycles. The molecule has 208 valence electrons. The number of carbonyl (C=O) groups excluding carboxylic acids is 3. The van der Waals surface area contributed by atoms with E-state index in [0.717, 1.165) is 22.6 Å². The molecule has 0 radical (unpaired) electrons. The van der Waals surface area contributed by atoms with Crippen LogP contribution in [-0.4, -0.2) is 54.5 Å². The summed E-state index contributed by atoms with van der Waals surface area (Å²) >= 11 is 1.09. The molecule has 0 unspecified atom stereocenters. The lowest BCUT2D eigenvalue weighted by atomic mass is 9.97. The number of aromatic nitrogens is 1. The lowest BCUT2D eigenvalue weighted by Crippen LogP contribution is -2.30. The summed E-state index contributed by atoms with van der Waals surface area (Å²) in [5.41, 5.74) is 3.98. The third-order valence-corrected chi connectivity index (χ3v) is 8.02. The fourth-order valence-electron chi connectivity index (χ4n) is 4.70. The van der Waals surface area contributed by atoms with Gasteiger partial charge in [0, 0.05) is 24.0 Å². The zero-order valence-corrected chi connectivity index (χ0v) is 24.4. The van der Waals surface area contributed by atoms with Crippen LogP contribution in [0.5, 0.6) is 5.75 Å². The SMILES string of the molecule is CCOC(=O)c1c(NC(=O)c2c(C)c(-c3ccc(OC)cc3)nc3ccccc23)sc(C(=O)N(CC)CC)c1C. The molecule has 2 aromatic heterocycles. The number of esters is 1. The second kappa shape index (κ2) is 12.3. The van der Waals surface area contributed by atoms with Gasteiger partial charge in [-0.2, -0.15) is 0 Å². The smallest absolute Gasteiger partial charge is 0.341 e. The van der Waals surface area contributed by atoms with Crippen molar-refractivity contribution in [3.63, 3.8) is 0 Å². The van der Waals surface area contributed by atoms with E-state index in [1.54, 1.807) is 25.9 Å². The molecule has 9 heteroatoms. The van der Waals surface area contributed by atoms with Gasteiger partial charge in [0.15, 0.2) is 0 Å². The number of rotatable bonds is 9. The molecule has 0 aliphatic rings. The number of amides is 2. The van der Waals surface area contributed by atoms with E-state index in [1.807, 2.05) is 69.3 Å². The van der Waals surface area contributed by atoms with E-state index in [0.29, 0.717) is 51.3 Å². The summed E-state index contributed by atoms with van der Waals surface area (Å²) in [5.74, 6) is -0.458. The van der Waals surface area contributed by atoms with E-state index < -0.39 is 11.9 Å². The first kappa shape index (κ1) is 28.8. The van der Waals surface area contributed by atoms with Gasteiger partial charge in [0.25, 0.3) is 11.8 Å². The van der Waals surface area contributed by atoms with Crippen molar-refractivity contribution in [3.05, 3.63) is 75.7 Å². The van der Waals surface area contributed by atoms with Gasteiger partial charge in [0.05, 0.1) is 40.9 Å². The number of fused-ring (bicyclic) bond motifs is 1. The van der Waals surface area contributed by atoms with Gasteiger partial charge in [0.2, 0.25) is 0 Å². The zero-order valence-electron chi connectivity index (χ0n) is 23.6. The lowest BCUT2D eigenvalue weighted by molar-refractivity contribution is 0.0527. The first-order valence-electron chi connectivity index (χ1n) is 13.2. The number of nitrogens with one attached hydrogen (secondary N) is 1. The van der Waals surface area contributed by atoms with Crippen LogP contribution in [0.4, 0.5) is 5.00 Å². The monoisotopic (exact) mass is 559 g/mol. The van der Waals surface area contributed by atoms with E-state index in [2.05, 4.69) is 5.32 Å². The molecule has 0 saturated heterocycles. The van der Waals surface area contributed by atoms with Crippen LogP contribution in [0.3, 0.4) is 0 Å². The van der Waals surface area contributed by atoms with Crippen molar-refractivity contribution in [3.8, 4) is 17.0 Å². The highest BCUT2D eigenvalue weighted by molar-refractivity contribution is 7.18. The molecule has 4 aromatic rings. The normalized spacial score (nSPS) is 10.8. The average molecular weight is 560 g/mol. The van der Waals surface area contributed by atoms with Gasteiger partial charge in [-0.05, 0) is 76.1 Å². The first-order valence-corrected chi connectivity index (χ1v) is 14.0. The van der Waals surface area contributed by atoms with Crippen LogP contribution in [0.1, 0.15) is 62.3 Å². The van der Waals surface area contributed by atoms with Crippen molar-refractivity contribution >= 4 is 45.0 Å². The van der Waals surface area contributed by atoms with E-state index >= 15 is 0 Å². The van der Waals surface area contributed by atoms with Gasteiger partial charge >= 0.3 is 5.97 Å². The molecule has 0 aliphatic carbocycles. The number of anilines is 1. The topological polar surface area (TPSA) is 97.8 Å². The van der Waals surface area contributed by atoms with Gasteiger partial charge in [0.1, 0.15) is 10.8 Å². The standard InChI is InChI=1S/C31H33N3O5S/c1-7-34(8-2)30(36)27-19(5)25(31(37)39-9-3)29(40-27)33-28(35)24-18(4)26(20-14-16-21(38-6)17-15-20)32-23-13-11-10-12-22(23)24/h10-17H,7-9H2,1-6H3,(H,33,35). The van der Waals surface area contributed by atoms with Crippen molar-refractivity contribution < 1.29 is 23.9 Å². The lowest BCUT2D eigenvalue weighted by Gasteiger charge is -2.18. The Morgan fingerprint density at radius 3 is 2.23 bits per heavy atom. The number of ether oxygens (including phenoxy) is 2. The number of pyridine rings is 1. The van der Waals surface area contributed by atoms with Crippen molar-refractivity contribution in [1.82, 2.24) is 9.88 Å². The van der Waals surface area contributed by atoms with E-state index in [4.69, 9.17) is 14.5 Å². The summed E-state index contributed by atoms with van der Waals surface area (Å²) in [4.78, 5) is 47.2. The summed E-state index contributed by atoms with van der Waals surface area (Å²) in [5, 5.41) is 3.91. The fraction of sp³-hybridized carbons (Fsp3) is 0.290. The molecule has 0 bridgehead atoms. The van der Waals surface area contributed by atoms with Crippen LogP contribution in [-0.2, 0) is 4.74 Å². The van der Waals surface area contributed by atoms with Crippen LogP contribution in [0.2, 0.25) is 0 Å². The Labute approximate surface area is 237 Å². The highest BCUT2D eigenvalue weighted by Crippen LogP contribution is 2.36. The second-order valence-corrected chi connectivity index (χ2v) is 10.1. The Balaban J connectivity index is 1.84. The third kappa shape index (κ3) is 5.42. The van der Waals surface area contributed by atoms with Crippen LogP contribution in [0, 0.1) is 13.8 Å². The van der Waals surface area contributed by atoms with E-state index in [9.17, 15) is 14.4 Å². The predicted molar refractivity (Wildman–Crippen MR) is 159 cm³/mol. The molecule has 0 saturated carbocycles. The summed E-state index contributed by atoms with van der Waals surface area (Å²) in [6, 6.07) is 14.9. The average Bonchev–Trinajstić information content (AvgIpc) is 3.28. The number of hydrogen-bond acceptors (Lipinski definition) is 7. The highest BCUT2D eigenvalue weighted by Gasteiger charge is 2.29. The molecule has 40 heavy (non-hydrogen) atoms. The number of hydrogen-bond donors (Lipinski definition) is 1. The molecular weight excluding hydrogens is 526 g/mol. The molecule has 0 fully saturated rings. The molecule has 8 nitrogen and oxygen atoms in total. The first-order chi connectivity index (χ1) is 19.2. The fourth-order valence-corrected chi connectivity index (χ4v) is 5.86. The van der Waals surface area contributed by atoms with Gasteiger partial charge in [-0.15, -0.1) is 11.3 Å². The molecular formula is C31H33N3O5S. The quantitative estimate of drug-likeness (QED) is 0.235. The van der Waals surface area contributed by atoms with Crippen LogP contribution >= 0.6 is 11.3 Å². The minimum Gasteiger partial charge on any atom is -0.497 e. The molecule has 2 amide bonds. The van der Waals surface area contributed by atoms with Crippen LogP contribution in [0.15, 0.2) is 48.5 Å². The van der Waals surface area contributed by atoms with Crippen LogP contribution in [0.25, 0.3) is 22.2 Å². The Morgan fingerprint density at radius 2 is 1.60 bits per heavy atom. The maximum absolute atomic E-state index is 14.0. The van der Waals surface area contributed by atoms with Crippen molar-refractivity contribution in [2.45, 2.75) is 34.6 Å². The zero-order chi connectivity index (χ0) is 29.0. The minimum atomic E-state index is -0.583. The molecule has 2 heterocycles. The minimum absolute atomic E-state index is 0.167. The Bertz CT molecular complexity index is 1570. The van der Waals surface area contributed by atoms with Gasteiger partial charge in [-0.3, -0.25) is 9.59 Å². The highest BCUT2D eigenvalue weighted by atomic mass is 32.1. The van der Waals surface area contributed by atoms with E-state index in [-0.39, 0.29) is 23.1 Å². The van der Waals surface area contributed by atoms with E-state index in [1.165, 1.54) is 0 Å². The molecule has 1 N–H and O–H groups in total. The van der Waals surface area contributed by atoms with Crippen molar-refractivity contribution in [2.75, 3.05) is 32.1 Å². The molecule has 0 spiro atoms. The second-order valence-electron chi connectivity index (χ2n) is 9.12. The summed E-state index contributed by atoms with van der Waals surface area (Å²) in [7, 11) is 1.61. The van der Waals surface area contributed by atoms with Crippen LogP contribution < -0.4 is 10.1 Å². The van der Waals surface area contributed by atoms with Gasteiger partial charge < -0.3 is 19.7 Å².